The number of nitrogens with zero attached hydrogens (tertiary/aromatic N) is 3. The Morgan fingerprint density at radius 3 is 2.70 bits per heavy atom. The highest BCUT2D eigenvalue weighted by molar-refractivity contribution is 8.08. The van der Waals surface area contributed by atoms with Crippen molar-refractivity contribution in [3.63, 3.8) is 0 Å². The van der Waals surface area contributed by atoms with Crippen LogP contribution in [0.25, 0.3) is 21.0 Å². The maximum absolute atomic E-state index is 13.0. The summed E-state index contributed by atoms with van der Waals surface area (Å²) < 4.78 is 2.47. The molecule has 0 amide bonds. The van der Waals surface area contributed by atoms with E-state index in [4.69, 9.17) is 0 Å². The van der Waals surface area contributed by atoms with Crippen LogP contribution in [0, 0.1) is 0 Å². The molecule has 5 rings (SSSR count). The van der Waals surface area contributed by atoms with Gasteiger partial charge in [0.25, 0.3) is 5.56 Å². The summed E-state index contributed by atoms with van der Waals surface area (Å²) in [7, 11) is 2.01. The minimum absolute atomic E-state index is 0.0147. The molecule has 1 aliphatic heterocycles. The standard InChI is InChI=1S/C17H11N3OS2/c1-19-12-8-4-5-9-13(12)22-16(19)14-15(21)20-11-7-3-2-6-10(11)18-17(20)23-14/h2-9H,1H3. The second kappa shape index (κ2) is 4.59. The molecule has 0 fully saturated rings. The molecule has 112 valence electrons. The summed E-state index contributed by atoms with van der Waals surface area (Å²) in [5.74, 6) is 0. The third-order valence-electron chi connectivity index (χ3n) is 4.05. The summed E-state index contributed by atoms with van der Waals surface area (Å²) >= 11 is 3.11. The molecular formula is C17H11N3OS2. The average molecular weight is 337 g/mol. The topological polar surface area (TPSA) is 37.6 Å². The molecule has 3 heterocycles. The molecule has 0 spiro atoms. The van der Waals surface area contributed by atoms with Gasteiger partial charge in [0, 0.05) is 11.9 Å². The number of anilines is 1. The molecular weight excluding hydrogens is 326 g/mol. The molecule has 0 bridgehead atoms. The Kier molecular flexibility index (Phi) is 2.63. The zero-order chi connectivity index (χ0) is 15.6. The first-order valence-corrected chi connectivity index (χ1v) is 8.82. The van der Waals surface area contributed by atoms with Gasteiger partial charge in [0.15, 0.2) is 4.96 Å². The van der Waals surface area contributed by atoms with Gasteiger partial charge in [-0.3, -0.25) is 4.79 Å². The Morgan fingerprint density at radius 2 is 1.83 bits per heavy atom. The number of imidazole rings is 1. The van der Waals surface area contributed by atoms with E-state index in [-0.39, 0.29) is 5.56 Å². The Balaban J connectivity index is 1.85. The first-order valence-electron chi connectivity index (χ1n) is 7.19. The number of fused-ring (bicyclic) bond motifs is 4. The van der Waals surface area contributed by atoms with E-state index in [9.17, 15) is 4.79 Å². The fourth-order valence-electron chi connectivity index (χ4n) is 2.94. The quantitative estimate of drug-likeness (QED) is 0.494. The summed E-state index contributed by atoms with van der Waals surface area (Å²) in [6, 6.07) is 16.0. The van der Waals surface area contributed by atoms with Crippen LogP contribution in [0.15, 0.2) is 58.2 Å². The SMILES string of the molecule is CN1C(=c2sc3nc4ccccc4n3c2=O)Sc2ccccc21. The minimum Gasteiger partial charge on any atom is -0.337 e. The van der Waals surface area contributed by atoms with Gasteiger partial charge >= 0.3 is 0 Å². The van der Waals surface area contributed by atoms with E-state index in [1.165, 1.54) is 16.2 Å². The van der Waals surface area contributed by atoms with Crippen LogP contribution < -0.4 is 15.0 Å². The van der Waals surface area contributed by atoms with Gasteiger partial charge in [-0.2, -0.15) is 0 Å². The molecule has 0 saturated heterocycles. The second-order valence-corrected chi connectivity index (χ2v) is 7.40. The number of aromatic nitrogens is 2. The van der Waals surface area contributed by atoms with Crippen LogP contribution >= 0.6 is 23.1 Å². The highest BCUT2D eigenvalue weighted by Gasteiger charge is 2.24. The van der Waals surface area contributed by atoms with Crippen LogP contribution in [-0.2, 0) is 0 Å². The lowest BCUT2D eigenvalue weighted by Gasteiger charge is -2.11. The van der Waals surface area contributed by atoms with E-state index in [1.807, 2.05) is 43.4 Å². The van der Waals surface area contributed by atoms with Crippen molar-refractivity contribution in [1.82, 2.24) is 9.38 Å². The number of benzene rings is 2. The van der Waals surface area contributed by atoms with E-state index >= 15 is 0 Å². The van der Waals surface area contributed by atoms with Gasteiger partial charge in [0.2, 0.25) is 0 Å². The Labute approximate surface area is 139 Å². The summed E-state index contributed by atoms with van der Waals surface area (Å²) in [6.07, 6.45) is 0. The number of para-hydroxylation sites is 3. The lowest BCUT2D eigenvalue weighted by Crippen LogP contribution is -2.28. The van der Waals surface area contributed by atoms with Gasteiger partial charge < -0.3 is 4.90 Å². The maximum atomic E-state index is 13.0. The molecule has 2 aromatic carbocycles. The molecule has 0 aliphatic carbocycles. The highest BCUT2D eigenvalue weighted by atomic mass is 32.2. The predicted octanol–water partition coefficient (Wildman–Crippen LogP) is 2.94. The monoisotopic (exact) mass is 337 g/mol. The van der Waals surface area contributed by atoms with Crippen molar-refractivity contribution < 1.29 is 0 Å². The minimum atomic E-state index is 0.0147. The van der Waals surface area contributed by atoms with Crippen molar-refractivity contribution in [3.8, 4) is 0 Å². The van der Waals surface area contributed by atoms with E-state index in [0.29, 0.717) is 0 Å². The lowest BCUT2D eigenvalue weighted by molar-refractivity contribution is 1.17. The van der Waals surface area contributed by atoms with Crippen LogP contribution in [-0.4, -0.2) is 16.4 Å². The maximum Gasteiger partial charge on any atom is 0.277 e. The summed E-state index contributed by atoms with van der Waals surface area (Å²) in [5, 5.41) is 0.982. The zero-order valence-corrected chi connectivity index (χ0v) is 13.8. The van der Waals surface area contributed by atoms with Gasteiger partial charge in [-0.1, -0.05) is 47.4 Å². The number of thioether (sulfide) groups is 1. The third kappa shape index (κ3) is 1.73. The first-order chi connectivity index (χ1) is 11.2. The Morgan fingerprint density at radius 1 is 1.04 bits per heavy atom. The molecule has 4 aromatic rings. The second-order valence-electron chi connectivity index (χ2n) is 5.39. The molecule has 0 N–H and O–H groups in total. The predicted molar refractivity (Wildman–Crippen MR) is 96.2 cm³/mol. The molecule has 0 radical (unpaired) electrons. The van der Waals surface area contributed by atoms with E-state index in [2.05, 4.69) is 22.0 Å². The van der Waals surface area contributed by atoms with E-state index in [1.54, 1.807) is 16.2 Å². The fourth-order valence-corrected chi connectivity index (χ4v) is 5.27. The molecule has 23 heavy (non-hydrogen) atoms. The van der Waals surface area contributed by atoms with Gasteiger partial charge in [0.05, 0.1) is 16.7 Å². The van der Waals surface area contributed by atoms with Crippen LogP contribution in [0.2, 0.25) is 0 Å². The van der Waals surface area contributed by atoms with Gasteiger partial charge in [-0.15, -0.1) is 0 Å². The molecule has 6 heteroatoms. The van der Waals surface area contributed by atoms with Crippen molar-refractivity contribution >= 4 is 49.8 Å². The van der Waals surface area contributed by atoms with E-state index < -0.39 is 0 Å². The highest BCUT2D eigenvalue weighted by Crippen LogP contribution is 2.45. The summed E-state index contributed by atoms with van der Waals surface area (Å²) in [4.78, 5) is 21.6. The Bertz CT molecular complexity index is 1190. The largest absolute Gasteiger partial charge is 0.337 e. The van der Waals surface area contributed by atoms with Crippen LogP contribution in [0.5, 0.6) is 0 Å². The molecule has 0 atom stereocenters. The number of hydrogen-bond acceptors (Lipinski definition) is 5. The lowest BCUT2D eigenvalue weighted by atomic mass is 10.3. The van der Waals surface area contributed by atoms with Crippen molar-refractivity contribution in [2.24, 2.45) is 0 Å². The molecule has 4 nitrogen and oxygen atoms in total. The van der Waals surface area contributed by atoms with Crippen LogP contribution in [0.4, 0.5) is 5.69 Å². The van der Waals surface area contributed by atoms with Crippen molar-refractivity contribution in [1.29, 1.82) is 0 Å². The smallest absolute Gasteiger partial charge is 0.277 e. The summed E-state index contributed by atoms with van der Waals surface area (Å²) in [5.41, 5.74) is 2.89. The van der Waals surface area contributed by atoms with Gasteiger partial charge in [-0.05, 0) is 24.3 Å². The first kappa shape index (κ1) is 13.2. The average Bonchev–Trinajstić information content (AvgIpc) is 3.19. The summed E-state index contributed by atoms with van der Waals surface area (Å²) in [6.45, 7) is 0. The zero-order valence-electron chi connectivity index (χ0n) is 12.2. The van der Waals surface area contributed by atoms with Gasteiger partial charge in [0.1, 0.15) is 9.56 Å². The van der Waals surface area contributed by atoms with Crippen molar-refractivity contribution in [2.45, 2.75) is 4.90 Å². The molecule has 1 aliphatic rings. The fraction of sp³-hybridized carbons (Fsp3) is 0.0588. The van der Waals surface area contributed by atoms with E-state index in [0.717, 1.165) is 31.2 Å². The normalized spacial score (nSPS) is 16.5. The van der Waals surface area contributed by atoms with Crippen LogP contribution in [0.1, 0.15) is 0 Å². The number of rotatable bonds is 0. The number of hydrogen-bond donors (Lipinski definition) is 0. The molecule has 0 saturated carbocycles. The molecule has 0 unspecified atom stereocenters. The molecule has 2 aromatic heterocycles. The third-order valence-corrected chi connectivity index (χ3v) is 6.45. The van der Waals surface area contributed by atoms with Crippen molar-refractivity contribution in [3.05, 3.63) is 63.4 Å². The van der Waals surface area contributed by atoms with Crippen molar-refractivity contribution in [2.75, 3.05) is 11.9 Å². The Hall–Kier alpha value is -2.31. The van der Waals surface area contributed by atoms with Crippen LogP contribution in [0.3, 0.4) is 0 Å². The number of thiazole rings is 1. The van der Waals surface area contributed by atoms with Gasteiger partial charge in [-0.25, -0.2) is 9.38 Å².